The molecule has 0 aromatic carbocycles. The number of likely N-dealkylation sites (N-methyl/N-ethyl adjacent to an activating group) is 1. The highest BCUT2D eigenvalue weighted by molar-refractivity contribution is 6.02. The second kappa shape index (κ2) is 9.35. The monoisotopic (exact) mass is 273 g/mol. The lowest BCUT2D eigenvalue weighted by Crippen LogP contribution is -2.51. The summed E-state index contributed by atoms with van der Waals surface area (Å²) in [4.78, 5) is 36.9. The van der Waals surface area contributed by atoms with Crippen LogP contribution < -0.4 is 0 Å². The molecule has 0 saturated carbocycles. The number of ether oxygens (including phenoxy) is 2. The van der Waals surface area contributed by atoms with E-state index in [1.165, 1.54) is 4.90 Å². The van der Waals surface area contributed by atoms with Crippen LogP contribution in [0.25, 0.3) is 0 Å². The average Bonchev–Trinajstić information content (AvgIpc) is 2.36. The fourth-order valence-corrected chi connectivity index (χ4v) is 1.65. The van der Waals surface area contributed by atoms with Crippen LogP contribution in [-0.2, 0) is 23.9 Å². The zero-order chi connectivity index (χ0) is 14.8. The Kier molecular flexibility index (Phi) is 8.57. The normalized spacial score (nSPS) is 10.2. The average molecular weight is 273 g/mol. The van der Waals surface area contributed by atoms with E-state index in [2.05, 4.69) is 0 Å². The minimum atomic E-state index is -1.30. The Labute approximate surface area is 114 Å². The Morgan fingerprint density at radius 1 is 0.947 bits per heavy atom. The van der Waals surface area contributed by atoms with E-state index in [0.717, 1.165) is 0 Å². The third-order valence-corrected chi connectivity index (χ3v) is 2.46. The molecule has 0 atom stereocenters. The summed E-state index contributed by atoms with van der Waals surface area (Å²) in [6, 6.07) is -1.30. The molecule has 0 aliphatic carbocycles. The maximum absolute atomic E-state index is 11.9. The Morgan fingerprint density at radius 3 is 1.74 bits per heavy atom. The number of amides is 1. The number of rotatable bonds is 8. The van der Waals surface area contributed by atoms with Gasteiger partial charge in [0.2, 0.25) is 11.9 Å². The minimum absolute atomic E-state index is 0.147. The summed E-state index contributed by atoms with van der Waals surface area (Å²) >= 11 is 0. The fraction of sp³-hybridized carbons (Fsp3) is 0.769. The zero-order valence-electron chi connectivity index (χ0n) is 12.1. The Balaban J connectivity index is 5.11. The lowest BCUT2D eigenvalue weighted by molar-refractivity contribution is -0.167. The Morgan fingerprint density at radius 2 is 1.42 bits per heavy atom. The van der Waals surface area contributed by atoms with Crippen molar-refractivity contribution in [2.24, 2.45) is 0 Å². The van der Waals surface area contributed by atoms with Gasteiger partial charge in [-0.15, -0.1) is 0 Å². The molecule has 0 aliphatic heterocycles. The van der Waals surface area contributed by atoms with E-state index >= 15 is 0 Å². The van der Waals surface area contributed by atoms with Gasteiger partial charge in [0.25, 0.3) is 0 Å². The molecule has 0 unspecified atom stereocenters. The third-order valence-electron chi connectivity index (χ3n) is 2.46. The molecule has 1 amide bonds. The summed E-state index contributed by atoms with van der Waals surface area (Å²) in [6.07, 6.45) is 0.927. The first-order valence-corrected chi connectivity index (χ1v) is 6.66. The van der Waals surface area contributed by atoms with E-state index in [4.69, 9.17) is 9.47 Å². The molecule has 0 saturated heterocycles. The second-order valence-corrected chi connectivity index (χ2v) is 3.84. The van der Waals surface area contributed by atoms with E-state index in [1.54, 1.807) is 20.8 Å². The summed E-state index contributed by atoms with van der Waals surface area (Å²) in [5, 5.41) is 0. The Bertz CT molecular complexity index is 298. The Hall–Kier alpha value is -1.59. The number of carbonyl (C=O) groups is 3. The van der Waals surface area contributed by atoms with Crippen LogP contribution in [0.3, 0.4) is 0 Å². The van der Waals surface area contributed by atoms with Gasteiger partial charge < -0.3 is 14.4 Å². The summed E-state index contributed by atoms with van der Waals surface area (Å²) in [5.74, 6) is -1.74. The van der Waals surface area contributed by atoms with Crippen molar-refractivity contribution in [2.45, 2.75) is 46.6 Å². The van der Waals surface area contributed by atoms with Gasteiger partial charge in [-0.1, -0.05) is 6.92 Å². The third kappa shape index (κ3) is 5.28. The summed E-state index contributed by atoms with van der Waals surface area (Å²) < 4.78 is 9.70. The molecule has 0 heterocycles. The van der Waals surface area contributed by atoms with Crippen molar-refractivity contribution < 1.29 is 23.9 Å². The van der Waals surface area contributed by atoms with Crippen molar-refractivity contribution in [2.75, 3.05) is 19.8 Å². The van der Waals surface area contributed by atoms with Crippen molar-refractivity contribution in [3.05, 3.63) is 0 Å². The van der Waals surface area contributed by atoms with Crippen molar-refractivity contribution in [1.82, 2.24) is 4.90 Å². The topological polar surface area (TPSA) is 72.9 Å². The molecule has 0 aromatic heterocycles. The molecule has 6 nitrogen and oxygen atoms in total. The van der Waals surface area contributed by atoms with Gasteiger partial charge in [-0.25, -0.2) is 9.59 Å². The van der Waals surface area contributed by atoms with Gasteiger partial charge >= 0.3 is 11.9 Å². The molecule has 0 bridgehead atoms. The molecular formula is C13H23NO5. The lowest BCUT2D eigenvalue weighted by atomic mass is 10.2. The quantitative estimate of drug-likeness (QED) is 0.489. The fourth-order valence-electron chi connectivity index (χ4n) is 1.65. The van der Waals surface area contributed by atoms with Gasteiger partial charge in [0, 0.05) is 13.0 Å². The van der Waals surface area contributed by atoms with E-state index in [1.807, 2.05) is 6.92 Å². The highest BCUT2D eigenvalue weighted by Crippen LogP contribution is 2.09. The van der Waals surface area contributed by atoms with E-state index in [0.29, 0.717) is 6.42 Å². The van der Waals surface area contributed by atoms with Crippen LogP contribution in [0, 0.1) is 0 Å². The van der Waals surface area contributed by atoms with E-state index in [-0.39, 0.29) is 32.1 Å². The molecule has 0 rings (SSSR count). The molecule has 110 valence electrons. The van der Waals surface area contributed by atoms with Gasteiger partial charge in [0.05, 0.1) is 13.2 Å². The van der Waals surface area contributed by atoms with Crippen LogP contribution >= 0.6 is 0 Å². The second-order valence-electron chi connectivity index (χ2n) is 3.84. The number of hydrogen-bond donors (Lipinski definition) is 0. The van der Waals surface area contributed by atoms with Crippen LogP contribution in [0.15, 0.2) is 0 Å². The van der Waals surface area contributed by atoms with Crippen molar-refractivity contribution in [3.63, 3.8) is 0 Å². The van der Waals surface area contributed by atoms with E-state index < -0.39 is 18.0 Å². The van der Waals surface area contributed by atoms with Crippen LogP contribution in [0.2, 0.25) is 0 Å². The van der Waals surface area contributed by atoms with Crippen LogP contribution in [0.1, 0.15) is 40.5 Å². The van der Waals surface area contributed by atoms with Crippen LogP contribution in [-0.4, -0.2) is 48.5 Å². The van der Waals surface area contributed by atoms with Crippen LogP contribution in [0.4, 0.5) is 0 Å². The molecule has 6 heteroatoms. The van der Waals surface area contributed by atoms with Crippen molar-refractivity contribution >= 4 is 17.8 Å². The van der Waals surface area contributed by atoms with Gasteiger partial charge in [-0.05, 0) is 27.2 Å². The summed E-state index contributed by atoms with van der Waals surface area (Å²) in [6.45, 7) is 7.40. The number of carbonyl (C=O) groups excluding carboxylic acids is 3. The minimum Gasteiger partial charge on any atom is -0.464 e. The molecule has 0 spiro atoms. The molecular weight excluding hydrogens is 250 g/mol. The maximum atomic E-state index is 11.9. The summed E-state index contributed by atoms with van der Waals surface area (Å²) in [5.41, 5.74) is 0. The largest absolute Gasteiger partial charge is 0.464 e. The summed E-state index contributed by atoms with van der Waals surface area (Å²) in [7, 11) is 0. The van der Waals surface area contributed by atoms with Gasteiger partial charge in [0.1, 0.15) is 0 Å². The van der Waals surface area contributed by atoms with Gasteiger partial charge in [-0.3, -0.25) is 4.79 Å². The zero-order valence-corrected chi connectivity index (χ0v) is 12.1. The van der Waals surface area contributed by atoms with Crippen LogP contribution in [0.5, 0.6) is 0 Å². The molecule has 0 aliphatic rings. The first kappa shape index (κ1) is 17.4. The number of esters is 2. The van der Waals surface area contributed by atoms with Gasteiger partial charge in [0.15, 0.2) is 0 Å². The predicted molar refractivity (Wildman–Crippen MR) is 69.3 cm³/mol. The van der Waals surface area contributed by atoms with Gasteiger partial charge in [-0.2, -0.15) is 0 Å². The molecule has 0 aromatic rings. The number of nitrogens with zero attached hydrogens (tertiary/aromatic N) is 1. The predicted octanol–water partition coefficient (Wildman–Crippen LogP) is 1.13. The standard InChI is InChI=1S/C13H23NO5/c1-5-9-10(15)14(6-2)11(12(16)18-7-3)13(17)19-8-4/h11H,5-9H2,1-4H3. The van der Waals surface area contributed by atoms with E-state index in [9.17, 15) is 14.4 Å². The molecule has 0 radical (unpaired) electrons. The first-order chi connectivity index (χ1) is 9.03. The van der Waals surface area contributed by atoms with Crippen molar-refractivity contribution in [1.29, 1.82) is 0 Å². The molecule has 0 N–H and O–H groups in total. The van der Waals surface area contributed by atoms with Crippen molar-refractivity contribution in [3.8, 4) is 0 Å². The molecule has 0 fully saturated rings. The number of hydrogen-bond acceptors (Lipinski definition) is 5. The SMILES string of the molecule is CCCC(=O)N(CC)C(C(=O)OCC)C(=O)OCC. The smallest absolute Gasteiger partial charge is 0.340 e. The maximum Gasteiger partial charge on any atom is 0.340 e. The first-order valence-electron chi connectivity index (χ1n) is 6.66. The highest BCUT2D eigenvalue weighted by Gasteiger charge is 2.37. The lowest BCUT2D eigenvalue weighted by Gasteiger charge is -2.27. The molecule has 19 heavy (non-hydrogen) atoms. The highest BCUT2D eigenvalue weighted by atomic mass is 16.6.